The number of amides is 1. The second-order valence-corrected chi connectivity index (χ2v) is 8.60. The van der Waals surface area contributed by atoms with Gasteiger partial charge in [0.2, 0.25) is 5.91 Å². The molecule has 8 nitrogen and oxygen atoms in total. The van der Waals surface area contributed by atoms with Crippen LogP contribution < -0.4 is 10.6 Å². The highest BCUT2D eigenvalue weighted by Gasteiger charge is 2.32. The highest BCUT2D eigenvalue weighted by Crippen LogP contribution is 2.32. The molecule has 4 rings (SSSR count). The molecule has 1 aromatic heterocycles. The molecule has 1 amide bonds. The Labute approximate surface area is 189 Å². The van der Waals surface area contributed by atoms with Gasteiger partial charge in [0, 0.05) is 32.2 Å². The number of aryl methyl sites for hydroxylation is 2. The molecule has 2 N–H and O–H groups in total. The van der Waals surface area contributed by atoms with Gasteiger partial charge in [0.15, 0.2) is 5.82 Å². The molecular weight excluding hydrogens is 402 g/mol. The van der Waals surface area contributed by atoms with Crippen LogP contribution >= 0.6 is 0 Å². The topological polar surface area (TPSA) is 93.2 Å². The van der Waals surface area contributed by atoms with Gasteiger partial charge in [-0.25, -0.2) is 4.68 Å². The van der Waals surface area contributed by atoms with Gasteiger partial charge in [0.25, 0.3) is 0 Å². The number of primary amides is 1. The minimum atomic E-state index is -0.204. The van der Waals surface area contributed by atoms with Gasteiger partial charge in [-0.2, -0.15) is 0 Å². The van der Waals surface area contributed by atoms with Crippen molar-refractivity contribution < 1.29 is 4.79 Å². The lowest BCUT2D eigenvalue weighted by atomic mass is 9.93. The number of carbonyl (C=O) groups excluding carboxylic acids is 1. The van der Waals surface area contributed by atoms with Crippen LogP contribution in [-0.4, -0.2) is 58.2 Å². The van der Waals surface area contributed by atoms with Gasteiger partial charge >= 0.3 is 0 Å². The maximum atomic E-state index is 11.7. The number of tetrazole rings is 1. The Morgan fingerprint density at radius 1 is 1.09 bits per heavy atom. The predicted octanol–water partition coefficient (Wildman–Crippen LogP) is 2.27. The Bertz CT molecular complexity index is 1010. The van der Waals surface area contributed by atoms with E-state index in [1.807, 2.05) is 37.0 Å². The van der Waals surface area contributed by atoms with Crippen molar-refractivity contribution in [3.8, 4) is 0 Å². The first-order valence-corrected chi connectivity index (χ1v) is 11.1. The maximum Gasteiger partial charge on any atom is 0.220 e. The van der Waals surface area contributed by atoms with Gasteiger partial charge in [0.05, 0.1) is 6.04 Å². The highest BCUT2D eigenvalue weighted by molar-refractivity contribution is 5.76. The maximum absolute atomic E-state index is 11.7. The smallest absolute Gasteiger partial charge is 0.220 e. The van der Waals surface area contributed by atoms with Crippen molar-refractivity contribution in [1.29, 1.82) is 0 Å². The third kappa shape index (κ3) is 4.96. The Morgan fingerprint density at radius 2 is 1.78 bits per heavy atom. The second kappa shape index (κ2) is 9.91. The molecule has 3 aromatic rings. The van der Waals surface area contributed by atoms with Gasteiger partial charge in [0.1, 0.15) is 0 Å². The standard InChI is InChI=1S/C24H31N7O/c1-29(2)21-10-8-19(9-11-21)22(30-15-13-20(14-16-30)23(25)32)24-26-27-28-31(24)17-12-18-6-4-3-5-7-18/h3-11,20,22H,12-17H2,1-2H3,(H2,25,32)/t22-/m1/s1. The van der Waals surface area contributed by atoms with E-state index < -0.39 is 0 Å². The number of aromatic nitrogens is 4. The number of rotatable bonds is 8. The molecule has 1 fully saturated rings. The van der Waals surface area contributed by atoms with E-state index >= 15 is 0 Å². The van der Waals surface area contributed by atoms with E-state index in [4.69, 9.17) is 5.73 Å². The Balaban J connectivity index is 1.61. The lowest BCUT2D eigenvalue weighted by Crippen LogP contribution is -2.41. The third-order valence-electron chi connectivity index (χ3n) is 6.28. The average Bonchev–Trinajstić information content (AvgIpc) is 3.27. The molecule has 0 saturated carbocycles. The van der Waals surface area contributed by atoms with Gasteiger partial charge in [-0.3, -0.25) is 9.69 Å². The van der Waals surface area contributed by atoms with Crippen LogP contribution in [0.5, 0.6) is 0 Å². The molecule has 0 aliphatic carbocycles. The van der Waals surface area contributed by atoms with Gasteiger partial charge in [-0.05, 0) is 66.0 Å². The van der Waals surface area contributed by atoms with E-state index in [9.17, 15) is 4.79 Å². The van der Waals surface area contributed by atoms with E-state index in [-0.39, 0.29) is 17.9 Å². The third-order valence-corrected chi connectivity index (χ3v) is 6.28. The van der Waals surface area contributed by atoms with Crippen LogP contribution in [0, 0.1) is 5.92 Å². The zero-order valence-corrected chi connectivity index (χ0v) is 18.8. The summed E-state index contributed by atoms with van der Waals surface area (Å²) >= 11 is 0. The first-order valence-electron chi connectivity index (χ1n) is 11.1. The van der Waals surface area contributed by atoms with Crippen molar-refractivity contribution in [2.24, 2.45) is 11.7 Å². The molecule has 168 valence electrons. The van der Waals surface area contributed by atoms with Crippen LogP contribution in [-0.2, 0) is 17.8 Å². The summed E-state index contributed by atoms with van der Waals surface area (Å²) in [5.74, 6) is 0.567. The molecular formula is C24H31N7O. The summed E-state index contributed by atoms with van der Waals surface area (Å²) in [6, 6.07) is 18.8. The van der Waals surface area contributed by atoms with Crippen molar-refractivity contribution in [3.63, 3.8) is 0 Å². The molecule has 8 heteroatoms. The van der Waals surface area contributed by atoms with Gasteiger partial charge in [-0.15, -0.1) is 5.10 Å². The van der Waals surface area contributed by atoms with Crippen molar-refractivity contribution in [2.75, 3.05) is 32.1 Å². The SMILES string of the molecule is CN(C)c1ccc([C@H](c2nnnn2CCc2ccccc2)N2CCC(C(N)=O)CC2)cc1. The summed E-state index contributed by atoms with van der Waals surface area (Å²) in [5, 5.41) is 12.8. The largest absolute Gasteiger partial charge is 0.378 e. The minimum Gasteiger partial charge on any atom is -0.378 e. The zero-order valence-electron chi connectivity index (χ0n) is 18.8. The van der Waals surface area contributed by atoms with Crippen LogP contribution in [0.25, 0.3) is 0 Å². The molecule has 0 spiro atoms. The molecule has 0 bridgehead atoms. The van der Waals surface area contributed by atoms with Crippen LogP contribution in [0.3, 0.4) is 0 Å². The number of anilines is 1. The van der Waals surface area contributed by atoms with Crippen molar-refractivity contribution in [1.82, 2.24) is 25.1 Å². The zero-order chi connectivity index (χ0) is 22.5. The Morgan fingerprint density at radius 3 is 2.41 bits per heavy atom. The van der Waals surface area contributed by atoms with E-state index in [2.05, 4.69) is 61.7 Å². The molecule has 32 heavy (non-hydrogen) atoms. The molecule has 2 heterocycles. The first-order chi connectivity index (χ1) is 15.5. The summed E-state index contributed by atoms with van der Waals surface area (Å²) in [6.07, 6.45) is 2.37. The highest BCUT2D eigenvalue weighted by atomic mass is 16.1. The fraction of sp³-hybridized carbons (Fsp3) is 0.417. The summed E-state index contributed by atoms with van der Waals surface area (Å²) < 4.78 is 1.91. The van der Waals surface area contributed by atoms with Crippen molar-refractivity contribution in [3.05, 3.63) is 71.5 Å². The average molecular weight is 434 g/mol. The number of hydrogen-bond donors (Lipinski definition) is 1. The lowest BCUT2D eigenvalue weighted by Gasteiger charge is -2.36. The number of likely N-dealkylation sites (tertiary alicyclic amines) is 1. The van der Waals surface area contributed by atoms with Gasteiger partial charge in [-0.1, -0.05) is 42.5 Å². The van der Waals surface area contributed by atoms with Crippen LogP contribution in [0.4, 0.5) is 5.69 Å². The fourth-order valence-electron chi connectivity index (χ4n) is 4.37. The number of piperidine rings is 1. The van der Waals surface area contributed by atoms with Crippen molar-refractivity contribution >= 4 is 11.6 Å². The minimum absolute atomic E-state index is 0.0582. The number of nitrogens with zero attached hydrogens (tertiary/aromatic N) is 6. The summed E-state index contributed by atoms with van der Waals surface area (Å²) in [6.45, 7) is 2.26. The number of benzene rings is 2. The van der Waals surface area contributed by atoms with E-state index in [0.717, 1.165) is 49.4 Å². The van der Waals surface area contributed by atoms with Crippen LogP contribution in [0.15, 0.2) is 54.6 Å². The number of hydrogen-bond acceptors (Lipinski definition) is 6. The number of carbonyl (C=O) groups is 1. The van der Waals surface area contributed by atoms with Crippen LogP contribution in [0.2, 0.25) is 0 Å². The molecule has 1 aliphatic rings. The molecule has 1 atom stereocenters. The summed E-state index contributed by atoms with van der Waals surface area (Å²) in [5.41, 5.74) is 9.10. The number of nitrogens with two attached hydrogens (primary N) is 1. The molecule has 0 radical (unpaired) electrons. The predicted molar refractivity (Wildman–Crippen MR) is 124 cm³/mol. The Kier molecular flexibility index (Phi) is 6.80. The van der Waals surface area contributed by atoms with Crippen LogP contribution in [0.1, 0.15) is 35.8 Å². The normalized spacial score (nSPS) is 16.1. The summed E-state index contributed by atoms with van der Waals surface area (Å²) in [7, 11) is 4.07. The second-order valence-electron chi connectivity index (χ2n) is 8.60. The molecule has 2 aromatic carbocycles. The lowest BCUT2D eigenvalue weighted by molar-refractivity contribution is -0.123. The van der Waals surface area contributed by atoms with E-state index in [0.29, 0.717) is 6.54 Å². The molecule has 1 aliphatic heterocycles. The van der Waals surface area contributed by atoms with Gasteiger partial charge < -0.3 is 10.6 Å². The van der Waals surface area contributed by atoms with E-state index in [1.54, 1.807) is 0 Å². The Hall–Kier alpha value is -3.26. The van der Waals surface area contributed by atoms with Crippen molar-refractivity contribution in [2.45, 2.75) is 31.8 Å². The quantitative estimate of drug-likeness (QED) is 0.586. The summed E-state index contributed by atoms with van der Waals surface area (Å²) in [4.78, 5) is 16.1. The fourth-order valence-corrected chi connectivity index (χ4v) is 4.37. The first kappa shape index (κ1) is 22.0. The molecule has 0 unspecified atom stereocenters. The van der Waals surface area contributed by atoms with E-state index in [1.165, 1.54) is 5.56 Å². The monoisotopic (exact) mass is 433 g/mol. The molecule has 1 saturated heterocycles.